The number of rotatable bonds is 12. The van der Waals surface area contributed by atoms with Crippen LogP contribution < -0.4 is 0 Å². The molecule has 696 valence electrons. The Hall–Kier alpha value is -16.4. The summed E-state index contributed by atoms with van der Waals surface area (Å²) in [6.45, 7) is 41.4. The third-order valence-electron chi connectivity index (χ3n) is 23.8. The molecule has 0 fully saturated rings. The summed E-state index contributed by atoms with van der Waals surface area (Å²) >= 11 is 0. The maximum absolute atomic E-state index is 4.67. The molecule has 0 bridgehead atoms. The van der Waals surface area contributed by atoms with Crippen molar-refractivity contribution in [1.29, 1.82) is 0 Å². The van der Waals surface area contributed by atoms with Gasteiger partial charge in [0.25, 0.3) is 0 Å². The van der Waals surface area contributed by atoms with Crippen LogP contribution in [0.3, 0.4) is 0 Å². The number of benzene rings is 16. The van der Waals surface area contributed by atoms with Crippen molar-refractivity contribution in [2.24, 2.45) is 0 Å². The smallest absolute Gasteiger partial charge is 0.163 e. The van der Waals surface area contributed by atoms with E-state index < -0.39 is 0 Å². The maximum atomic E-state index is 4.67. The zero-order valence-electron chi connectivity index (χ0n) is 84.4. The lowest BCUT2D eigenvalue weighted by atomic mass is 9.97. The van der Waals surface area contributed by atoms with E-state index >= 15 is 0 Å². The third-order valence-corrected chi connectivity index (χ3v) is 23.8. The Morgan fingerprint density at radius 2 is 0.314 bits per heavy atom. The Morgan fingerprint density at radius 1 is 0.114 bits per heavy atom. The van der Waals surface area contributed by atoms with Gasteiger partial charge in [-0.15, -0.1) is 0 Å². The molecule has 0 atom stereocenters. The summed E-state index contributed by atoms with van der Waals surface area (Å²) in [6.07, 6.45) is 0. The minimum Gasteiger partial charge on any atom is -0.233 e. The van der Waals surface area contributed by atoms with Crippen LogP contribution in [0, 0.1) is 138 Å². The molecule has 0 amide bonds. The molecule has 0 aliphatic rings. The van der Waals surface area contributed by atoms with E-state index in [0.29, 0.717) is 0 Å². The normalized spacial score (nSPS) is 10.4. The standard InChI is InChI=1S/C19H18N2.3C18H17N3.4C14H14/c1-13-4-8-16(9-5-13)18-12-19(21-15(3)20-18)17-10-6-14(2)7-11-17;1-12-4-8-15(9-5-12)17-19-14(3)20-18(21-17)16-10-6-13(2)7-11-16;1-12-6-4-8-15(10-12)17-19-14(3)20-18(21-17)16-9-5-7-13(2)11-16;1-12-8-4-6-10-15(12)17-19-14(3)20-18(21-17)16-11-7-5-9-13(16)2;1-11-7-3-5-9-13(11)14-10-6-4-8-12(14)2;2*1-11-6-5-8-13(10-11)14-9-4-3-7-12(14)2;1-11-7-9-13(10-8-11)14-6-4-3-5-12(14)2/h4-12H,1-3H3;3*4-11H,1-3H3;4*3-10H,1-2H3. The second-order valence-electron chi connectivity index (χ2n) is 35.8. The lowest BCUT2D eigenvalue weighted by molar-refractivity contribution is 0.988. The van der Waals surface area contributed by atoms with Gasteiger partial charge in [-0.25, -0.2) is 54.8 Å². The monoisotopic (exact) mass is 1830 g/mol. The van der Waals surface area contributed by atoms with E-state index in [2.05, 4.69) is 475 Å². The van der Waals surface area contributed by atoms with Crippen LogP contribution in [-0.4, -0.2) is 54.8 Å². The molecule has 4 heterocycles. The second-order valence-corrected chi connectivity index (χ2v) is 35.8. The minimum absolute atomic E-state index is 0.720. The molecule has 16 aromatic carbocycles. The van der Waals surface area contributed by atoms with Crippen molar-refractivity contribution in [3.8, 4) is 135 Å². The maximum Gasteiger partial charge on any atom is 0.163 e. The summed E-state index contributed by atoms with van der Waals surface area (Å²) in [7, 11) is 0. The summed E-state index contributed by atoms with van der Waals surface area (Å²) in [5, 5.41) is 0. The molecule has 0 saturated heterocycles. The molecule has 140 heavy (non-hydrogen) atoms. The summed E-state index contributed by atoms with van der Waals surface area (Å²) in [6, 6.07) is 136. The number of nitrogens with zero attached hydrogens (tertiary/aromatic N) is 11. The van der Waals surface area contributed by atoms with Crippen molar-refractivity contribution >= 4 is 0 Å². The summed E-state index contributed by atoms with van der Waals surface area (Å²) < 4.78 is 0. The van der Waals surface area contributed by atoms with Gasteiger partial charge in [0.1, 0.15) is 23.3 Å². The van der Waals surface area contributed by atoms with Crippen LogP contribution in [0.4, 0.5) is 0 Å². The molecule has 20 aromatic rings. The quantitative estimate of drug-likeness (QED) is 0.115. The summed E-state index contributed by atoms with van der Waals surface area (Å²) in [5.74, 6) is 7.36. The van der Waals surface area contributed by atoms with Crippen molar-refractivity contribution in [2.75, 3.05) is 0 Å². The van der Waals surface area contributed by atoms with Gasteiger partial charge in [-0.2, -0.15) is 0 Å². The first-order chi connectivity index (χ1) is 67.6. The molecule has 0 aliphatic carbocycles. The zero-order chi connectivity index (χ0) is 99.1. The predicted octanol–water partition coefficient (Wildman–Crippen LogP) is 33.0. The molecule has 0 N–H and O–H groups in total. The molecule has 11 nitrogen and oxygen atoms in total. The van der Waals surface area contributed by atoms with Gasteiger partial charge in [-0.3, -0.25) is 0 Å². The van der Waals surface area contributed by atoms with Gasteiger partial charge in [0, 0.05) is 44.5 Å². The van der Waals surface area contributed by atoms with Crippen molar-refractivity contribution in [1.82, 2.24) is 54.8 Å². The average Bonchev–Trinajstić information content (AvgIpc) is 0.821. The second kappa shape index (κ2) is 49.4. The van der Waals surface area contributed by atoms with Crippen LogP contribution in [-0.2, 0) is 0 Å². The van der Waals surface area contributed by atoms with E-state index in [0.717, 1.165) is 114 Å². The highest BCUT2D eigenvalue weighted by Crippen LogP contribution is 2.33. The van der Waals surface area contributed by atoms with Crippen LogP contribution in [0.25, 0.3) is 135 Å². The minimum atomic E-state index is 0.720. The Kier molecular flexibility index (Phi) is 35.7. The largest absolute Gasteiger partial charge is 0.233 e. The molecule has 0 spiro atoms. The molecule has 0 saturated carbocycles. The van der Waals surface area contributed by atoms with Crippen LogP contribution in [0.2, 0.25) is 0 Å². The van der Waals surface area contributed by atoms with Gasteiger partial charge in [-0.05, 0) is 240 Å². The lowest BCUT2D eigenvalue weighted by Crippen LogP contribution is -2.01. The molecule has 11 heteroatoms. The number of hydrogen-bond acceptors (Lipinski definition) is 11. The Labute approximate surface area is 829 Å². The Morgan fingerprint density at radius 3 is 0.586 bits per heavy atom. The highest BCUT2D eigenvalue weighted by Gasteiger charge is 2.16. The van der Waals surface area contributed by atoms with Crippen LogP contribution in [0.1, 0.15) is 112 Å². The molecule has 4 aromatic heterocycles. The van der Waals surface area contributed by atoms with Crippen LogP contribution >= 0.6 is 0 Å². The topological polar surface area (TPSA) is 142 Å². The van der Waals surface area contributed by atoms with Crippen molar-refractivity contribution in [2.45, 2.75) is 138 Å². The van der Waals surface area contributed by atoms with Crippen molar-refractivity contribution < 1.29 is 0 Å². The van der Waals surface area contributed by atoms with E-state index in [1.54, 1.807) is 0 Å². The molecule has 0 radical (unpaired) electrons. The number of aryl methyl sites for hydroxylation is 20. The highest BCUT2D eigenvalue weighted by molar-refractivity contribution is 5.74. The van der Waals surface area contributed by atoms with E-state index in [1.807, 2.05) is 113 Å². The van der Waals surface area contributed by atoms with Crippen molar-refractivity contribution in [3.63, 3.8) is 0 Å². The highest BCUT2D eigenvalue weighted by atomic mass is 15.0. The molecule has 20 rings (SSSR count). The SMILES string of the molecule is Cc1ccc(-c2cc(-c3ccc(C)cc3)nc(C)n2)cc1.Cc1ccc(-c2ccccc2C)cc1.Cc1ccc(-c2nc(C)nc(-c3ccc(C)cc3)n2)cc1.Cc1cccc(-c2ccccc2C)c1.Cc1cccc(-c2ccccc2C)c1.Cc1cccc(-c2nc(C)nc(-c3cccc(C)c3)n2)c1.Cc1ccccc1-c1ccccc1C.Cc1nc(-c2ccccc2C)nc(-c2ccccc2C)n1. The third kappa shape index (κ3) is 29.1. The summed E-state index contributed by atoms with van der Waals surface area (Å²) in [4.78, 5) is 49.9. The van der Waals surface area contributed by atoms with Crippen LogP contribution in [0.15, 0.2) is 394 Å². The van der Waals surface area contributed by atoms with E-state index in [9.17, 15) is 0 Å². The lowest BCUT2D eigenvalue weighted by Gasteiger charge is -2.09. The fourth-order valence-electron chi connectivity index (χ4n) is 15.9. The van der Waals surface area contributed by atoms with Gasteiger partial charge >= 0.3 is 0 Å². The first-order valence-electron chi connectivity index (χ1n) is 47.7. The first kappa shape index (κ1) is 101. The fraction of sp³-hybridized carbons (Fsp3) is 0.155. The predicted molar refractivity (Wildman–Crippen MR) is 587 cm³/mol. The number of hydrogen-bond donors (Lipinski definition) is 0. The Bertz CT molecular complexity index is 6990. The van der Waals surface area contributed by atoms with Gasteiger partial charge in [-0.1, -0.05) is 426 Å². The van der Waals surface area contributed by atoms with E-state index in [4.69, 9.17) is 0 Å². The van der Waals surface area contributed by atoms with Crippen molar-refractivity contribution in [3.05, 3.63) is 507 Å². The zero-order valence-corrected chi connectivity index (χ0v) is 84.4. The fourth-order valence-corrected chi connectivity index (χ4v) is 15.9. The van der Waals surface area contributed by atoms with Gasteiger partial charge in [0.15, 0.2) is 34.9 Å². The average molecular weight is 1830 g/mol. The Balaban J connectivity index is 0.000000136. The summed E-state index contributed by atoms with van der Waals surface area (Å²) in [5.41, 5.74) is 41.2. The van der Waals surface area contributed by atoms with Gasteiger partial charge in [0.05, 0.1) is 11.4 Å². The van der Waals surface area contributed by atoms with Gasteiger partial charge in [0.2, 0.25) is 0 Å². The van der Waals surface area contributed by atoms with E-state index in [1.165, 1.54) is 134 Å². The molecular formula is C129H125N11. The molecule has 0 unspecified atom stereocenters. The van der Waals surface area contributed by atoms with Crippen LogP contribution in [0.5, 0.6) is 0 Å². The van der Waals surface area contributed by atoms with Gasteiger partial charge < -0.3 is 0 Å². The molecule has 0 aliphatic heterocycles. The molecular weight excluding hydrogens is 1700 g/mol. The first-order valence-corrected chi connectivity index (χ1v) is 47.7. The number of aromatic nitrogens is 11. The van der Waals surface area contributed by atoms with E-state index in [-0.39, 0.29) is 0 Å².